The highest BCUT2D eigenvalue weighted by Crippen LogP contribution is 2.21. The van der Waals surface area contributed by atoms with Crippen molar-refractivity contribution in [3.63, 3.8) is 0 Å². The van der Waals surface area contributed by atoms with Crippen molar-refractivity contribution in [3.05, 3.63) is 32.2 Å². The smallest absolute Gasteiger partial charge is 0.152 e. The molecule has 0 aliphatic heterocycles. The zero-order valence-electron chi connectivity index (χ0n) is 7.09. The number of rotatable bonds is 1. The summed E-state index contributed by atoms with van der Waals surface area (Å²) in [5.74, 6) is 0. The van der Waals surface area contributed by atoms with Crippen molar-refractivity contribution in [2.75, 3.05) is 0 Å². The van der Waals surface area contributed by atoms with Gasteiger partial charge in [0.25, 0.3) is 0 Å². The van der Waals surface area contributed by atoms with E-state index in [1.165, 1.54) is 3.70 Å². The summed E-state index contributed by atoms with van der Waals surface area (Å²) in [6, 6.07) is 4.03. The molecule has 0 saturated heterocycles. The van der Waals surface area contributed by atoms with Crippen LogP contribution in [0.15, 0.2) is 22.8 Å². The zero-order valence-corrected chi connectivity index (χ0v) is 10.8. The summed E-state index contributed by atoms with van der Waals surface area (Å²) in [7, 11) is 0. The predicted octanol–water partition coefficient (Wildman–Crippen LogP) is 3.26. The van der Waals surface area contributed by atoms with Gasteiger partial charge in [-0.15, -0.1) is 0 Å². The first-order valence-corrected chi connectivity index (χ1v) is 5.92. The van der Waals surface area contributed by atoms with Gasteiger partial charge in [-0.05, 0) is 57.1 Å². The molecule has 0 radical (unpaired) electrons. The third kappa shape index (κ3) is 1.50. The minimum Gasteiger partial charge on any atom is -0.294 e. The van der Waals surface area contributed by atoms with Crippen LogP contribution >= 0.6 is 38.5 Å². The molecule has 0 atom stereocenters. The monoisotopic (exact) mass is 350 g/mol. The maximum atomic E-state index is 4.54. The molecule has 0 fully saturated rings. The average molecular weight is 351 g/mol. The van der Waals surface area contributed by atoms with E-state index in [9.17, 15) is 0 Å². The lowest BCUT2D eigenvalue weighted by atomic mass is 10.4. The maximum absolute atomic E-state index is 4.54. The van der Waals surface area contributed by atoms with Crippen LogP contribution in [-0.4, -0.2) is 9.38 Å². The molecule has 0 bridgehead atoms. The van der Waals surface area contributed by atoms with Gasteiger partial charge in [-0.2, -0.15) is 0 Å². The number of imidazole rings is 1. The number of halogens is 2. The molecule has 0 spiro atoms. The van der Waals surface area contributed by atoms with E-state index in [4.69, 9.17) is 0 Å². The average Bonchev–Trinajstić information content (AvgIpc) is 2.45. The van der Waals surface area contributed by atoms with Crippen LogP contribution in [0.1, 0.15) is 12.6 Å². The van der Waals surface area contributed by atoms with Gasteiger partial charge in [0.1, 0.15) is 3.70 Å². The van der Waals surface area contributed by atoms with Gasteiger partial charge < -0.3 is 0 Å². The normalized spacial score (nSPS) is 11.0. The molecule has 0 aliphatic rings. The number of nitrogens with zero attached hydrogens (tertiary/aromatic N) is 2. The summed E-state index contributed by atoms with van der Waals surface area (Å²) in [6.45, 7) is 2.12. The van der Waals surface area contributed by atoms with Crippen LogP contribution in [0.25, 0.3) is 5.65 Å². The van der Waals surface area contributed by atoms with Gasteiger partial charge in [0.05, 0.1) is 10.2 Å². The van der Waals surface area contributed by atoms with Gasteiger partial charge in [-0.1, -0.05) is 6.92 Å². The molecule has 68 valence electrons. The molecule has 0 amide bonds. The molecule has 0 saturated carbocycles. The Hall–Kier alpha value is -0.100. The largest absolute Gasteiger partial charge is 0.294 e. The highest BCUT2D eigenvalue weighted by atomic mass is 127. The number of fused-ring (bicyclic) bond motifs is 1. The topological polar surface area (TPSA) is 17.3 Å². The van der Waals surface area contributed by atoms with E-state index in [0.29, 0.717) is 0 Å². The second kappa shape index (κ2) is 3.57. The van der Waals surface area contributed by atoms with E-state index in [-0.39, 0.29) is 0 Å². The molecule has 0 aromatic carbocycles. The molecule has 2 nitrogen and oxygen atoms in total. The highest BCUT2D eigenvalue weighted by molar-refractivity contribution is 14.1. The summed E-state index contributed by atoms with van der Waals surface area (Å²) in [5.41, 5.74) is 2.16. The van der Waals surface area contributed by atoms with Gasteiger partial charge in [0.2, 0.25) is 0 Å². The van der Waals surface area contributed by atoms with Crippen molar-refractivity contribution in [2.45, 2.75) is 13.3 Å². The SMILES string of the molecule is CCc1nc2c(Br)cccn2c1I. The Morgan fingerprint density at radius 3 is 3.00 bits per heavy atom. The van der Waals surface area contributed by atoms with Crippen LogP contribution in [0.4, 0.5) is 0 Å². The van der Waals surface area contributed by atoms with E-state index in [0.717, 1.165) is 22.2 Å². The number of hydrogen-bond acceptors (Lipinski definition) is 1. The Labute approximate surface area is 98.6 Å². The lowest BCUT2D eigenvalue weighted by Crippen LogP contribution is -1.87. The van der Waals surface area contributed by atoms with Crippen LogP contribution in [0.5, 0.6) is 0 Å². The summed E-state index contributed by atoms with van der Waals surface area (Å²) in [5, 5.41) is 0. The van der Waals surface area contributed by atoms with Gasteiger partial charge in [-0.25, -0.2) is 4.98 Å². The van der Waals surface area contributed by atoms with Crippen molar-refractivity contribution in [2.24, 2.45) is 0 Å². The minimum absolute atomic E-state index is 0.979. The molecule has 4 heteroatoms. The molecule has 2 aromatic rings. The van der Waals surface area contributed by atoms with Crippen molar-refractivity contribution < 1.29 is 0 Å². The fraction of sp³-hybridized carbons (Fsp3) is 0.222. The second-order valence-electron chi connectivity index (χ2n) is 2.75. The Morgan fingerprint density at radius 1 is 1.62 bits per heavy atom. The summed E-state index contributed by atoms with van der Waals surface area (Å²) in [4.78, 5) is 4.54. The Kier molecular flexibility index (Phi) is 2.60. The summed E-state index contributed by atoms with van der Waals surface area (Å²) in [6.07, 6.45) is 3.01. The molecular formula is C9H8BrIN2. The Morgan fingerprint density at radius 2 is 2.38 bits per heavy atom. The van der Waals surface area contributed by atoms with Gasteiger partial charge in [0.15, 0.2) is 5.65 Å². The molecule has 0 aliphatic carbocycles. The first kappa shape index (κ1) is 9.45. The lowest BCUT2D eigenvalue weighted by Gasteiger charge is -1.95. The van der Waals surface area contributed by atoms with Crippen molar-refractivity contribution in [1.29, 1.82) is 0 Å². The molecule has 0 N–H and O–H groups in total. The molecule has 2 aromatic heterocycles. The third-order valence-electron chi connectivity index (χ3n) is 1.94. The van der Waals surface area contributed by atoms with E-state index in [1.54, 1.807) is 0 Å². The molecule has 2 heterocycles. The Balaban J connectivity index is 2.83. The zero-order chi connectivity index (χ0) is 9.42. The van der Waals surface area contributed by atoms with Gasteiger partial charge in [0, 0.05) is 6.20 Å². The van der Waals surface area contributed by atoms with Crippen molar-refractivity contribution in [3.8, 4) is 0 Å². The van der Waals surface area contributed by atoms with E-state index in [1.807, 2.05) is 18.3 Å². The second-order valence-corrected chi connectivity index (χ2v) is 4.63. The lowest BCUT2D eigenvalue weighted by molar-refractivity contribution is 1.04. The fourth-order valence-electron chi connectivity index (χ4n) is 1.28. The van der Waals surface area contributed by atoms with Crippen LogP contribution in [0.2, 0.25) is 0 Å². The maximum Gasteiger partial charge on any atom is 0.152 e. The summed E-state index contributed by atoms with van der Waals surface area (Å²) >= 11 is 5.82. The van der Waals surface area contributed by atoms with Gasteiger partial charge >= 0.3 is 0 Å². The van der Waals surface area contributed by atoms with Crippen LogP contribution in [-0.2, 0) is 6.42 Å². The first-order valence-electron chi connectivity index (χ1n) is 4.05. The van der Waals surface area contributed by atoms with Crippen LogP contribution in [0.3, 0.4) is 0 Å². The standard InChI is InChI=1S/C9H8BrIN2/c1-2-7-8(11)13-5-3-4-6(10)9(13)12-7/h3-5H,2H2,1H3. The number of hydrogen-bond donors (Lipinski definition) is 0. The molecule has 2 rings (SSSR count). The van der Waals surface area contributed by atoms with Crippen LogP contribution in [0, 0.1) is 3.70 Å². The van der Waals surface area contributed by atoms with E-state index in [2.05, 4.69) is 54.8 Å². The molecule has 0 unspecified atom stereocenters. The Bertz CT molecular complexity index is 450. The molecule has 13 heavy (non-hydrogen) atoms. The quantitative estimate of drug-likeness (QED) is 0.721. The van der Waals surface area contributed by atoms with Crippen molar-refractivity contribution in [1.82, 2.24) is 9.38 Å². The number of aryl methyl sites for hydroxylation is 1. The van der Waals surface area contributed by atoms with E-state index < -0.39 is 0 Å². The summed E-state index contributed by atoms with van der Waals surface area (Å²) < 4.78 is 4.35. The minimum atomic E-state index is 0.979. The van der Waals surface area contributed by atoms with E-state index >= 15 is 0 Å². The fourth-order valence-corrected chi connectivity index (χ4v) is 2.60. The highest BCUT2D eigenvalue weighted by Gasteiger charge is 2.08. The molecular weight excluding hydrogens is 343 g/mol. The first-order chi connectivity index (χ1) is 6.24. The number of pyridine rings is 1. The number of aromatic nitrogens is 2. The predicted molar refractivity (Wildman–Crippen MR) is 65.0 cm³/mol. The van der Waals surface area contributed by atoms with Crippen LogP contribution < -0.4 is 0 Å². The van der Waals surface area contributed by atoms with Gasteiger partial charge in [-0.3, -0.25) is 4.40 Å². The van der Waals surface area contributed by atoms with Crippen molar-refractivity contribution >= 4 is 44.2 Å². The third-order valence-corrected chi connectivity index (χ3v) is 3.71.